The second kappa shape index (κ2) is 9.32. The number of nitrogens with two attached hydrogens (primary N) is 1. The lowest BCUT2D eigenvalue weighted by atomic mass is 9.99. The summed E-state index contributed by atoms with van der Waals surface area (Å²) in [5.74, 6) is 0.168. The van der Waals surface area contributed by atoms with Gasteiger partial charge < -0.3 is 15.8 Å². The summed E-state index contributed by atoms with van der Waals surface area (Å²) in [4.78, 5) is 11.8. The van der Waals surface area contributed by atoms with Crippen LogP contribution in [0.3, 0.4) is 0 Å². The second-order valence-electron chi connectivity index (χ2n) is 5.69. The Labute approximate surface area is 117 Å². The molecule has 0 bridgehead atoms. The fourth-order valence-corrected chi connectivity index (χ4v) is 2.44. The van der Waals surface area contributed by atoms with E-state index in [2.05, 4.69) is 5.32 Å². The highest BCUT2D eigenvalue weighted by Gasteiger charge is 2.19. The zero-order valence-corrected chi connectivity index (χ0v) is 12.5. The van der Waals surface area contributed by atoms with Crippen LogP contribution in [-0.2, 0) is 9.53 Å². The standard InChI is InChI=1S/C15H30N2O2/c1-3-12(2)14(16)15(18)17-10-11-19-13-8-6-4-5-7-9-13/h12-14H,3-11,16H2,1-2H3,(H,17,18). The molecule has 1 fully saturated rings. The maximum absolute atomic E-state index is 11.8. The van der Waals surface area contributed by atoms with Crippen LogP contribution in [0, 0.1) is 5.92 Å². The van der Waals surface area contributed by atoms with Gasteiger partial charge >= 0.3 is 0 Å². The number of rotatable bonds is 7. The monoisotopic (exact) mass is 270 g/mol. The van der Waals surface area contributed by atoms with Gasteiger partial charge in [0.15, 0.2) is 0 Å². The van der Waals surface area contributed by atoms with Crippen molar-refractivity contribution < 1.29 is 9.53 Å². The van der Waals surface area contributed by atoms with E-state index in [4.69, 9.17) is 10.5 Å². The van der Waals surface area contributed by atoms with Crippen molar-refractivity contribution in [1.82, 2.24) is 5.32 Å². The van der Waals surface area contributed by atoms with Crippen molar-refractivity contribution in [2.24, 2.45) is 11.7 Å². The molecule has 0 aromatic carbocycles. The molecule has 1 aliphatic rings. The van der Waals surface area contributed by atoms with Crippen molar-refractivity contribution in [3.05, 3.63) is 0 Å². The summed E-state index contributed by atoms with van der Waals surface area (Å²) in [6.07, 6.45) is 8.86. The van der Waals surface area contributed by atoms with Gasteiger partial charge in [0.1, 0.15) is 0 Å². The predicted octanol–water partition coefficient (Wildman–Crippen LogP) is 2.22. The molecule has 1 saturated carbocycles. The maximum Gasteiger partial charge on any atom is 0.237 e. The Morgan fingerprint density at radius 1 is 1.32 bits per heavy atom. The zero-order chi connectivity index (χ0) is 14.1. The Morgan fingerprint density at radius 2 is 1.95 bits per heavy atom. The minimum Gasteiger partial charge on any atom is -0.376 e. The fraction of sp³-hybridized carbons (Fsp3) is 0.933. The van der Waals surface area contributed by atoms with Crippen LogP contribution in [0.2, 0.25) is 0 Å². The molecule has 0 aromatic heterocycles. The minimum absolute atomic E-state index is 0.0567. The first-order chi connectivity index (χ1) is 9.15. The molecule has 19 heavy (non-hydrogen) atoms. The summed E-state index contributed by atoms with van der Waals surface area (Å²) >= 11 is 0. The molecule has 3 N–H and O–H groups in total. The number of hydrogen-bond donors (Lipinski definition) is 2. The topological polar surface area (TPSA) is 64.4 Å². The van der Waals surface area contributed by atoms with Gasteiger partial charge in [-0.3, -0.25) is 4.79 Å². The van der Waals surface area contributed by atoms with Gasteiger partial charge in [-0.1, -0.05) is 46.0 Å². The Kier molecular flexibility index (Phi) is 8.07. The summed E-state index contributed by atoms with van der Waals surface area (Å²) in [7, 11) is 0. The van der Waals surface area contributed by atoms with Gasteiger partial charge in [0.05, 0.1) is 18.8 Å². The average molecular weight is 270 g/mol. The molecular formula is C15H30N2O2. The fourth-order valence-electron chi connectivity index (χ4n) is 2.44. The number of hydrogen-bond acceptors (Lipinski definition) is 3. The minimum atomic E-state index is -0.400. The largest absolute Gasteiger partial charge is 0.376 e. The second-order valence-corrected chi connectivity index (χ2v) is 5.69. The van der Waals surface area contributed by atoms with Crippen LogP contribution in [0.4, 0.5) is 0 Å². The highest BCUT2D eigenvalue weighted by molar-refractivity contribution is 5.81. The molecule has 2 unspecified atom stereocenters. The maximum atomic E-state index is 11.8. The quantitative estimate of drug-likeness (QED) is 0.551. The molecule has 4 heteroatoms. The molecule has 2 atom stereocenters. The molecule has 1 rings (SSSR count). The Balaban J connectivity index is 2.10. The van der Waals surface area contributed by atoms with Crippen LogP contribution >= 0.6 is 0 Å². The molecule has 0 radical (unpaired) electrons. The van der Waals surface area contributed by atoms with Gasteiger partial charge in [0.25, 0.3) is 0 Å². The highest BCUT2D eigenvalue weighted by atomic mass is 16.5. The molecule has 0 aromatic rings. The third kappa shape index (κ3) is 6.39. The van der Waals surface area contributed by atoms with Gasteiger partial charge in [-0.25, -0.2) is 0 Å². The first-order valence-corrected chi connectivity index (χ1v) is 7.80. The Morgan fingerprint density at radius 3 is 2.53 bits per heavy atom. The van der Waals surface area contributed by atoms with E-state index in [1.165, 1.54) is 38.5 Å². The normalized spacial score (nSPS) is 20.6. The SMILES string of the molecule is CCC(C)C(N)C(=O)NCCOC1CCCCCC1. The van der Waals surface area contributed by atoms with E-state index >= 15 is 0 Å². The van der Waals surface area contributed by atoms with E-state index in [0.29, 0.717) is 19.3 Å². The molecule has 112 valence electrons. The molecular weight excluding hydrogens is 240 g/mol. The van der Waals surface area contributed by atoms with Crippen LogP contribution in [-0.4, -0.2) is 31.2 Å². The zero-order valence-electron chi connectivity index (χ0n) is 12.5. The van der Waals surface area contributed by atoms with E-state index in [1.54, 1.807) is 0 Å². The summed E-state index contributed by atoms with van der Waals surface area (Å²) in [6.45, 7) is 5.22. The van der Waals surface area contributed by atoms with Crippen molar-refractivity contribution in [2.75, 3.05) is 13.2 Å². The summed E-state index contributed by atoms with van der Waals surface area (Å²) in [5, 5.41) is 2.86. The first kappa shape index (κ1) is 16.4. The molecule has 1 aliphatic carbocycles. The smallest absolute Gasteiger partial charge is 0.237 e. The lowest BCUT2D eigenvalue weighted by Crippen LogP contribution is -2.45. The highest BCUT2D eigenvalue weighted by Crippen LogP contribution is 2.19. The van der Waals surface area contributed by atoms with E-state index in [0.717, 1.165) is 6.42 Å². The Hall–Kier alpha value is -0.610. The summed E-state index contributed by atoms with van der Waals surface area (Å²) < 4.78 is 5.82. The Bertz CT molecular complexity index is 251. The van der Waals surface area contributed by atoms with Crippen LogP contribution in [0.5, 0.6) is 0 Å². The molecule has 0 saturated heterocycles. The van der Waals surface area contributed by atoms with Gasteiger partial charge in [-0.15, -0.1) is 0 Å². The summed E-state index contributed by atoms with van der Waals surface area (Å²) in [5.41, 5.74) is 5.86. The van der Waals surface area contributed by atoms with Gasteiger partial charge in [-0.05, 0) is 18.8 Å². The number of carbonyl (C=O) groups excluding carboxylic acids is 1. The number of ether oxygens (including phenoxy) is 1. The van der Waals surface area contributed by atoms with Crippen molar-refractivity contribution in [3.8, 4) is 0 Å². The predicted molar refractivity (Wildman–Crippen MR) is 77.9 cm³/mol. The molecule has 4 nitrogen and oxygen atoms in total. The molecule has 0 spiro atoms. The first-order valence-electron chi connectivity index (χ1n) is 7.80. The third-order valence-corrected chi connectivity index (χ3v) is 4.12. The van der Waals surface area contributed by atoms with Crippen molar-refractivity contribution in [3.63, 3.8) is 0 Å². The van der Waals surface area contributed by atoms with Gasteiger partial charge in [0.2, 0.25) is 5.91 Å². The number of amides is 1. The molecule has 1 amide bonds. The molecule has 0 heterocycles. The third-order valence-electron chi connectivity index (χ3n) is 4.12. The van der Waals surface area contributed by atoms with Crippen molar-refractivity contribution in [1.29, 1.82) is 0 Å². The van der Waals surface area contributed by atoms with E-state index in [1.807, 2.05) is 13.8 Å². The van der Waals surface area contributed by atoms with Crippen LogP contribution in [0.15, 0.2) is 0 Å². The van der Waals surface area contributed by atoms with E-state index < -0.39 is 6.04 Å². The van der Waals surface area contributed by atoms with Crippen LogP contribution in [0.25, 0.3) is 0 Å². The number of nitrogens with one attached hydrogen (secondary N) is 1. The number of carbonyl (C=O) groups is 1. The van der Waals surface area contributed by atoms with Crippen molar-refractivity contribution >= 4 is 5.91 Å². The van der Waals surface area contributed by atoms with Crippen molar-refractivity contribution in [2.45, 2.75) is 70.9 Å². The molecule has 0 aliphatic heterocycles. The van der Waals surface area contributed by atoms with E-state index in [-0.39, 0.29) is 11.8 Å². The average Bonchev–Trinajstić information content (AvgIpc) is 2.70. The van der Waals surface area contributed by atoms with Gasteiger partial charge in [0, 0.05) is 6.54 Å². The summed E-state index contributed by atoms with van der Waals surface area (Å²) in [6, 6.07) is -0.400. The van der Waals surface area contributed by atoms with E-state index in [9.17, 15) is 4.79 Å². The lowest BCUT2D eigenvalue weighted by Gasteiger charge is -2.19. The van der Waals surface area contributed by atoms with Crippen LogP contribution in [0.1, 0.15) is 58.8 Å². The lowest BCUT2D eigenvalue weighted by molar-refractivity contribution is -0.123. The van der Waals surface area contributed by atoms with Gasteiger partial charge in [-0.2, -0.15) is 0 Å². The van der Waals surface area contributed by atoms with Crippen LogP contribution < -0.4 is 11.1 Å².